The zero-order valence-electron chi connectivity index (χ0n) is 11.2. The van der Waals surface area contributed by atoms with Crippen LogP contribution >= 0.6 is 0 Å². The van der Waals surface area contributed by atoms with E-state index in [0.29, 0.717) is 0 Å². The Morgan fingerprint density at radius 3 is 2.19 bits per heavy atom. The second-order valence-electron chi connectivity index (χ2n) is 5.10. The Bertz CT molecular complexity index is 297. The highest BCUT2D eigenvalue weighted by atomic mass is 14.7. The number of nitrogens with zero attached hydrogens (tertiary/aromatic N) is 1. The highest BCUT2D eigenvalue weighted by Gasteiger charge is 2.09. The molecule has 1 rings (SSSR count). The van der Waals surface area contributed by atoms with Gasteiger partial charge in [0.25, 0.3) is 0 Å². The summed E-state index contributed by atoms with van der Waals surface area (Å²) in [5.41, 5.74) is 3.57. The van der Waals surface area contributed by atoms with Gasteiger partial charge in [0.05, 0.1) is 0 Å². The molecule has 1 aliphatic rings. The van der Waals surface area contributed by atoms with Crippen molar-refractivity contribution in [2.45, 2.75) is 59.8 Å². The molecule has 1 nitrogen and oxygen atoms in total. The average molecular weight is 219 g/mol. The minimum Gasteiger partial charge on any atom is -0.259 e. The van der Waals surface area contributed by atoms with Gasteiger partial charge in [-0.15, -0.1) is 0 Å². The third kappa shape index (κ3) is 4.78. The second-order valence-corrected chi connectivity index (χ2v) is 5.10. The molecule has 0 N–H and O–H groups in total. The summed E-state index contributed by atoms with van der Waals surface area (Å²) < 4.78 is 0. The van der Waals surface area contributed by atoms with E-state index in [4.69, 9.17) is 0 Å². The lowest BCUT2D eigenvalue weighted by molar-refractivity contribution is 0.419. The van der Waals surface area contributed by atoms with Crippen LogP contribution in [0, 0.1) is 5.92 Å². The van der Waals surface area contributed by atoms with E-state index in [1.165, 1.54) is 37.7 Å². The van der Waals surface area contributed by atoms with Crippen molar-refractivity contribution in [2.75, 3.05) is 0 Å². The van der Waals surface area contributed by atoms with Crippen LogP contribution in [-0.4, -0.2) is 5.71 Å². The van der Waals surface area contributed by atoms with Crippen LogP contribution in [-0.2, 0) is 0 Å². The van der Waals surface area contributed by atoms with Crippen LogP contribution in [0.4, 0.5) is 0 Å². The fraction of sp³-hybridized carbons (Fsp3) is 0.667. The van der Waals surface area contributed by atoms with Crippen molar-refractivity contribution >= 4 is 5.71 Å². The second kappa shape index (κ2) is 6.67. The maximum atomic E-state index is 4.57. The molecule has 0 aromatic carbocycles. The monoisotopic (exact) mass is 219 g/mol. The lowest BCUT2D eigenvalue weighted by Gasteiger charge is -2.17. The Morgan fingerprint density at radius 1 is 1.00 bits per heavy atom. The summed E-state index contributed by atoms with van der Waals surface area (Å²) in [6, 6.07) is 0. The molecule has 0 atom stereocenters. The fourth-order valence-corrected chi connectivity index (χ4v) is 2.02. The number of allylic oxidation sites excluding steroid dienone is 4. The number of aliphatic imine (C=N–C) groups is 1. The molecule has 0 aliphatic heterocycles. The third-order valence-electron chi connectivity index (χ3n) is 3.33. The van der Waals surface area contributed by atoms with Gasteiger partial charge in [-0.1, -0.05) is 30.9 Å². The average Bonchev–Trinajstić information content (AvgIpc) is 2.27. The van der Waals surface area contributed by atoms with Gasteiger partial charge in [0.1, 0.15) is 0 Å². The van der Waals surface area contributed by atoms with Gasteiger partial charge in [-0.3, -0.25) is 4.99 Å². The van der Waals surface area contributed by atoms with Crippen LogP contribution in [0.15, 0.2) is 28.4 Å². The minimum absolute atomic E-state index is 0.797. The predicted molar refractivity (Wildman–Crippen MR) is 72.9 cm³/mol. The van der Waals surface area contributed by atoms with Gasteiger partial charge in [0, 0.05) is 11.4 Å². The topological polar surface area (TPSA) is 12.4 Å². The van der Waals surface area contributed by atoms with Gasteiger partial charge in [0.2, 0.25) is 0 Å². The Hall–Kier alpha value is -0.850. The van der Waals surface area contributed by atoms with Crippen LogP contribution in [0.25, 0.3) is 0 Å². The van der Waals surface area contributed by atoms with Crippen LogP contribution in [0.3, 0.4) is 0 Å². The molecular formula is C15H25N. The molecule has 0 aromatic heterocycles. The maximum absolute atomic E-state index is 4.57. The Labute approximate surface area is 100 Å². The zero-order valence-corrected chi connectivity index (χ0v) is 11.2. The van der Waals surface area contributed by atoms with Crippen LogP contribution in [0.5, 0.6) is 0 Å². The molecular weight excluding hydrogens is 194 g/mol. The number of rotatable bonds is 3. The van der Waals surface area contributed by atoms with Gasteiger partial charge in [-0.25, -0.2) is 0 Å². The summed E-state index contributed by atoms with van der Waals surface area (Å²) in [7, 11) is 0. The van der Waals surface area contributed by atoms with E-state index in [9.17, 15) is 0 Å². The maximum Gasteiger partial charge on any atom is 0.0372 e. The molecule has 1 aliphatic carbocycles. The molecule has 1 fully saturated rings. The molecule has 0 heterocycles. The highest BCUT2D eigenvalue weighted by Crippen LogP contribution is 2.24. The molecule has 0 spiro atoms. The zero-order chi connectivity index (χ0) is 12.0. The lowest BCUT2D eigenvalue weighted by atomic mass is 9.89. The molecule has 0 aromatic rings. The normalized spacial score (nSPS) is 19.1. The summed E-state index contributed by atoms with van der Waals surface area (Å²) in [5.74, 6) is 0.797. The van der Waals surface area contributed by atoms with Crippen molar-refractivity contribution in [1.29, 1.82) is 0 Å². The largest absolute Gasteiger partial charge is 0.259 e. The van der Waals surface area contributed by atoms with Crippen molar-refractivity contribution in [3.63, 3.8) is 0 Å². The first-order valence-electron chi connectivity index (χ1n) is 6.47. The minimum atomic E-state index is 0.797. The standard InChI is InChI=1S/C15H25N/c1-12(2)14(4)16-13(3)10-11-15-8-6-5-7-9-15/h10-11,15H,5-9H2,1-4H3/b11-10+,16-13?. The van der Waals surface area contributed by atoms with Crippen molar-refractivity contribution in [1.82, 2.24) is 0 Å². The summed E-state index contributed by atoms with van der Waals surface area (Å²) >= 11 is 0. The van der Waals surface area contributed by atoms with Crippen molar-refractivity contribution in [2.24, 2.45) is 10.9 Å². The predicted octanol–water partition coefficient (Wildman–Crippen LogP) is 4.90. The summed E-state index contributed by atoms with van der Waals surface area (Å²) in [4.78, 5) is 4.57. The molecule has 1 saturated carbocycles. The SMILES string of the molecule is CC(/C=C/C1CCCCC1)=NC(C)=C(C)C. The van der Waals surface area contributed by atoms with E-state index in [2.05, 4.69) is 44.8 Å². The summed E-state index contributed by atoms with van der Waals surface area (Å²) in [6.45, 7) is 8.38. The summed E-state index contributed by atoms with van der Waals surface area (Å²) in [6.07, 6.45) is 11.5. The van der Waals surface area contributed by atoms with Crippen LogP contribution in [0.2, 0.25) is 0 Å². The molecule has 0 amide bonds. The first-order chi connectivity index (χ1) is 7.59. The van der Waals surface area contributed by atoms with E-state index < -0.39 is 0 Å². The molecule has 0 bridgehead atoms. The molecule has 16 heavy (non-hydrogen) atoms. The van der Waals surface area contributed by atoms with E-state index in [-0.39, 0.29) is 0 Å². The highest BCUT2D eigenvalue weighted by molar-refractivity contribution is 5.93. The summed E-state index contributed by atoms with van der Waals surface area (Å²) in [5, 5.41) is 0. The lowest BCUT2D eigenvalue weighted by Crippen LogP contribution is -2.03. The number of hydrogen-bond donors (Lipinski definition) is 0. The Balaban J connectivity index is 2.52. The first-order valence-corrected chi connectivity index (χ1v) is 6.47. The molecule has 0 saturated heterocycles. The smallest absolute Gasteiger partial charge is 0.0372 e. The van der Waals surface area contributed by atoms with E-state index in [1.807, 2.05) is 0 Å². The van der Waals surface area contributed by atoms with Gasteiger partial charge in [-0.05, 0) is 52.5 Å². The molecule has 90 valence electrons. The van der Waals surface area contributed by atoms with Gasteiger partial charge in [0.15, 0.2) is 0 Å². The molecule has 0 unspecified atom stereocenters. The first kappa shape index (κ1) is 13.2. The molecule has 0 radical (unpaired) electrons. The van der Waals surface area contributed by atoms with Gasteiger partial charge >= 0.3 is 0 Å². The van der Waals surface area contributed by atoms with E-state index in [0.717, 1.165) is 17.3 Å². The van der Waals surface area contributed by atoms with Gasteiger partial charge in [-0.2, -0.15) is 0 Å². The van der Waals surface area contributed by atoms with E-state index in [1.54, 1.807) is 0 Å². The van der Waals surface area contributed by atoms with Crippen molar-refractivity contribution < 1.29 is 0 Å². The Kier molecular flexibility index (Phi) is 5.51. The fourth-order valence-electron chi connectivity index (χ4n) is 2.02. The van der Waals surface area contributed by atoms with Crippen LogP contribution < -0.4 is 0 Å². The van der Waals surface area contributed by atoms with E-state index >= 15 is 0 Å². The van der Waals surface area contributed by atoms with Crippen molar-refractivity contribution in [3.05, 3.63) is 23.4 Å². The van der Waals surface area contributed by atoms with Crippen LogP contribution in [0.1, 0.15) is 59.8 Å². The molecule has 1 heteroatoms. The third-order valence-corrected chi connectivity index (χ3v) is 3.33. The van der Waals surface area contributed by atoms with Gasteiger partial charge < -0.3 is 0 Å². The Morgan fingerprint density at radius 2 is 1.62 bits per heavy atom. The quantitative estimate of drug-likeness (QED) is 0.599. The van der Waals surface area contributed by atoms with Crippen molar-refractivity contribution in [3.8, 4) is 0 Å². The number of hydrogen-bond acceptors (Lipinski definition) is 1.